The summed E-state index contributed by atoms with van der Waals surface area (Å²) in [7, 11) is 0. The van der Waals surface area contributed by atoms with E-state index >= 15 is 0 Å². The molecule has 0 spiro atoms. The maximum Gasteiger partial charge on any atom is 0.161 e. The smallest absolute Gasteiger partial charge is 0.161 e. The predicted molar refractivity (Wildman–Crippen MR) is 54.0 cm³/mol. The van der Waals surface area contributed by atoms with Gasteiger partial charge in [-0.1, -0.05) is 11.6 Å². The molecule has 0 atom stereocenters. The molecule has 1 aromatic carbocycles. The molecule has 0 saturated heterocycles. The van der Waals surface area contributed by atoms with E-state index in [1.165, 1.54) is 6.92 Å². The van der Waals surface area contributed by atoms with Gasteiger partial charge in [-0.05, 0) is 25.1 Å². The molecule has 0 saturated carbocycles. The molecular formula is C10H11ClO3. The van der Waals surface area contributed by atoms with Gasteiger partial charge in [0.25, 0.3) is 0 Å². The van der Waals surface area contributed by atoms with Gasteiger partial charge >= 0.3 is 0 Å². The van der Waals surface area contributed by atoms with E-state index in [-0.39, 0.29) is 19.0 Å². The quantitative estimate of drug-likeness (QED) is 0.779. The van der Waals surface area contributed by atoms with Crippen LogP contribution in [-0.2, 0) is 0 Å². The summed E-state index contributed by atoms with van der Waals surface area (Å²) in [4.78, 5) is 11.0. The normalized spacial score (nSPS) is 9.93. The number of hydrogen-bond acceptors (Lipinski definition) is 3. The molecule has 4 heteroatoms. The van der Waals surface area contributed by atoms with Gasteiger partial charge in [-0.2, -0.15) is 0 Å². The Balaban J connectivity index is 2.83. The van der Waals surface area contributed by atoms with Crippen LogP contribution in [0.1, 0.15) is 17.3 Å². The Bertz CT molecular complexity index is 336. The Morgan fingerprint density at radius 3 is 2.79 bits per heavy atom. The number of carbonyl (C=O) groups excluding carboxylic acids is 1. The highest BCUT2D eigenvalue weighted by atomic mass is 35.5. The highest BCUT2D eigenvalue weighted by molar-refractivity contribution is 6.34. The van der Waals surface area contributed by atoms with Crippen LogP contribution in [0, 0.1) is 0 Å². The van der Waals surface area contributed by atoms with E-state index in [4.69, 9.17) is 21.4 Å². The molecule has 1 aromatic rings. The number of hydrogen-bond donors (Lipinski definition) is 1. The number of halogens is 1. The van der Waals surface area contributed by atoms with Crippen molar-refractivity contribution in [1.82, 2.24) is 0 Å². The third kappa shape index (κ3) is 2.72. The second-order valence-electron chi connectivity index (χ2n) is 2.77. The zero-order valence-electron chi connectivity index (χ0n) is 7.79. The molecule has 0 aliphatic carbocycles. The van der Waals surface area contributed by atoms with Gasteiger partial charge in [-0.15, -0.1) is 0 Å². The highest BCUT2D eigenvalue weighted by Crippen LogP contribution is 2.22. The van der Waals surface area contributed by atoms with Crippen LogP contribution < -0.4 is 4.74 Å². The van der Waals surface area contributed by atoms with Crippen molar-refractivity contribution in [2.75, 3.05) is 13.2 Å². The first kappa shape index (κ1) is 11.0. The van der Waals surface area contributed by atoms with Gasteiger partial charge in [0.2, 0.25) is 0 Å². The van der Waals surface area contributed by atoms with E-state index < -0.39 is 0 Å². The second kappa shape index (κ2) is 4.98. The number of rotatable bonds is 4. The standard InChI is InChI=1S/C10H11ClO3/c1-7(13)9-3-2-8(6-10(9)11)14-5-4-12/h2-3,6,12H,4-5H2,1H3. The molecule has 0 aliphatic heterocycles. The lowest BCUT2D eigenvalue weighted by Gasteiger charge is -2.06. The van der Waals surface area contributed by atoms with Crippen LogP contribution in [0.3, 0.4) is 0 Å². The first-order chi connectivity index (χ1) is 6.65. The average molecular weight is 215 g/mol. The monoisotopic (exact) mass is 214 g/mol. The van der Waals surface area contributed by atoms with E-state index in [2.05, 4.69) is 0 Å². The first-order valence-electron chi connectivity index (χ1n) is 4.19. The number of aliphatic hydroxyl groups is 1. The van der Waals surface area contributed by atoms with Crippen molar-refractivity contribution in [3.8, 4) is 5.75 Å². The fourth-order valence-corrected chi connectivity index (χ4v) is 1.34. The Morgan fingerprint density at radius 2 is 2.29 bits per heavy atom. The van der Waals surface area contributed by atoms with Crippen LogP contribution >= 0.6 is 11.6 Å². The molecular weight excluding hydrogens is 204 g/mol. The molecule has 1 N–H and O–H groups in total. The van der Waals surface area contributed by atoms with Crippen molar-refractivity contribution < 1.29 is 14.6 Å². The van der Waals surface area contributed by atoms with Crippen LogP contribution in [0.2, 0.25) is 5.02 Å². The van der Waals surface area contributed by atoms with Crippen molar-refractivity contribution in [3.05, 3.63) is 28.8 Å². The number of ether oxygens (including phenoxy) is 1. The van der Waals surface area contributed by atoms with Crippen molar-refractivity contribution in [2.24, 2.45) is 0 Å². The molecule has 0 fully saturated rings. The molecule has 0 aliphatic rings. The van der Waals surface area contributed by atoms with Gasteiger partial charge in [0.05, 0.1) is 11.6 Å². The van der Waals surface area contributed by atoms with Crippen molar-refractivity contribution in [3.63, 3.8) is 0 Å². The molecule has 76 valence electrons. The van der Waals surface area contributed by atoms with Crippen LogP contribution in [0.5, 0.6) is 5.75 Å². The molecule has 3 nitrogen and oxygen atoms in total. The Hall–Kier alpha value is -1.06. The minimum Gasteiger partial charge on any atom is -0.491 e. The van der Waals surface area contributed by atoms with Gasteiger partial charge in [0.1, 0.15) is 12.4 Å². The predicted octanol–water partition coefficient (Wildman–Crippen LogP) is 1.91. The van der Waals surface area contributed by atoms with Gasteiger partial charge in [-0.25, -0.2) is 0 Å². The van der Waals surface area contributed by atoms with Crippen molar-refractivity contribution in [1.29, 1.82) is 0 Å². The average Bonchev–Trinajstić information content (AvgIpc) is 2.14. The number of Topliss-reactive ketones (excluding diaryl/α,β-unsaturated/α-hetero) is 1. The van der Waals surface area contributed by atoms with Gasteiger partial charge in [0, 0.05) is 5.56 Å². The number of benzene rings is 1. The summed E-state index contributed by atoms with van der Waals surface area (Å²) < 4.78 is 5.12. The van der Waals surface area contributed by atoms with E-state index in [0.717, 1.165) is 0 Å². The largest absolute Gasteiger partial charge is 0.491 e. The van der Waals surface area contributed by atoms with Crippen LogP contribution in [0.4, 0.5) is 0 Å². The van der Waals surface area contributed by atoms with E-state index in [9.17, 15) is 4.79 Å². The van der Waals surface area contributed by atoms with Crippen LogP contribution in [-0.4, -0.2) is 24.1 Å². The fraction of sp³-hybridized carbons (Fsp3) is 0.300. The molecule has 0 amide bonds. The maximum absolute atomic E-state index is 11.0. The number of carbonyl (C=O) groups is 1. The molecule has 0 radical (unpaired) electrons. The molecule has 0 bridgehead atoms. The summed E-state index contributed by atoms with van der Waals surface area (Å²) in [6, 6.07) is 4.82. The zero-order valence-corrected chi connectivity index (χ0v) is 8.54. The zero-order chi connectivity index (χ0) is 10.6. The molecule has 1 rings (SSSR count). The fourth-order valence-electron chi connectivity index (χ4n) is 1.03. The molecule has 0 heterocycles. The van der Waals surface area contributed by atoms with E-state index in [0.29, 0.717) is 16.3 Å². The highest BCUT2D eigenvalue weighted by Gasteiger charge is 2.06. The number of aliphatic hydroxyl groups excluding tert-OH is 1. The maximum atomic E-state index is 11.0. The Labute approximate surface area is 87.3 Å². The summed E-state index contributed by atoms with van der Waals surface area (Å²) >= 11 is 5.84. The summed E-state index contributed by atoms with van der Waals surface area (Å²) in [6.45, 7) is 1.62. The molecule has 0 aromatic heterocycles. The summed E-state index contributed by atoms with van der Waals surface area (Å²) in [5.74, 6) is 0.470. The molecule has 0 unspecified atom stereocenters. The van der Waals surface area contributed by atoms with Crippen molar-refractivity contribution >= 4 is 17.4 Å². The van der Waals surface area contributed by atoms with Gasteiger partial charge < -0.3 is 9.84 Å². The summed E-state index contributed by atoms with van der Waals surface area (Å²) in [5, 5.41) is 8.90. The van der Waals surface area contributed by atoms with Gasteiger partial charge in [0.15, 0.2) is 5.78 Å². The lowest BCUT2D eigenvalue weighted by Crippen LogP contribution is -2.02. The minimum absolute atomic E-state index is 0.0495. The van der Waals surface area contributed by atoms with Crippen LogP contribution in [0.15, 0.2) is 18.2 Å². The second-order valence-corrected chi connectivity index (χ2v) is 3.18. The summed E-state index contributed by atoms with van der Waals surface area (Å²) in [5.41, 5.74) is 0.475. The topological polar surface area (TPSA) is 46.5 Å². The lowest BCUT2D eigenvalue weighted by molar-refractivity contribution is 0.101. The van der Waals surface area contributed by atoms with E-state index in [1.807, 2.05) is 0 Å². The number of ketones is 1. The van der Waals surface area contributed by atoms with Gasteiger partial charge in [-0.3, -0.25) is 4.79 Å². The minimum atomic E-state index is -0.0799. The van der Waals surface area contributed by atoms with Crippen LogP contribution in [0.25, 0.3) is 0 Å². The first-order valence-corrected chi connectivity index (χ1v) is 4.57. The Morgan fingerprint density at radius 1 is 1.57 bits per heavy atom. The molecule has 14 heavy (non-hydrogen) atoms. The lowest BCUT2D eigenvalue weighted by atomic mass is 10.1. The Kier molecular flexibility index (Phi) is 3.92. The van der Waals surface area contributed by atoms with E-state index in [1.54, 1.807) is 18.2 Å². The van der Waals surface area contributed by atoms with Crippen molar-refractivity contribution in [2.45, 2.75) is 6.92 Å². The third-order valence-electron chi connectivity index (χ3n) is 1.68. The third-order valence-corrected chi connectivity index (χ3v) is 1.99. The SMILES string of the molecule is CC(=O)c1ccc(OCCO)cc1Cl. The summed E-state index contributed by atoms with van der Waals surface area (Å²) in [6.07, 6.45) is 0.